The van der Waals surface area contributed by atoms with Gasteiger partial charge in [-0.25, -0.2) is 9.50 Å². The molecule has 0 radical (unpaired) electrons. The predicted octanol–water partition coefficient (Wildman–Crippen LogP) is 4.82. The highest BCUT2D eigenvalue weighted by Crippen LogP contribution is 2.36. The summed E-state index contributed by atoms with van der Waals surface area (Å²) >= 11 is 0. The monoisotopic (exact) mass is 465 g/mol. The van der Waals surface area contributed by atoms with Gasteiger partial charge in [-0.3, -0.25) is 0 Å². The van der Waals surface area contributed by atoms with Crippen molar-refractivity contribution >= 4 is 11.3 Å². The van der Waals surface area contributed by atoms with Crippen LogP contribution in [-0.4, -0.2) is 40.9 Å². The quantitative estimate of drug-likeness (QED) is 0.349. The molecule has 1 aliphatic rings. The van der Waals surface area contributed by atoms with E-state index in [2.05, 4.69) is 15.0 Å². The third-order valence-corrected chi connectivity index (χ3v) is 5.62. The fourth-order valence-corrected chi connectivity index (χ4v) is 3.73. The van der Waals surface area contributed by atoms with E-state index >= 15 is 0 Å². The van der Waals surface area contributed by atoms with E-state index in [1.165, 1.54) is 6.07 Å². The van der Waals surface area contributed by atoms with Crippen molar-refractivity contribution < 1.29 is 18.3 Å². The number of halogens is 2. The van der Waals surface area contributed by atoms with Gasteiger partial charge in [0.15, 0.2) is 17.1 Å². The molecule has 7 nitrogen and oxygen atoms in total. The van der Waals surface area contributed by atoms with Gasteiger partial charge >= 0.3 is 6.61 Å². The van der Waals surface area contributed by atoms with Crippen LogP contribution in [0, 0.1) is 5.92 Å². The molecule has 0 aliphatic heterocycles. The Morgan fingerprint density at radius 1 is 1.06 bits per heavy atom. The molecule has 2 aromatic carbocycles. The third-order valence-electron chi connectivity index (χ3n) is 5.62. The molecule has 0 amide bonds. The van der Waals surface area contributed by atoms with E-state index < -0.39 is 6.61 Å². The fourth-order valence-electron chi connectivity index (χ4n) is 3.73. The van der Waals surface area contributed by atoms with Gasteiger partial charge < -0.3 is 20.5 Å². The van der Waals surface area contributed by atoms with Crippen molar-refractivity contribution in [1.82, 2.24) is 14.6 Å². The van der Waals surface area contributed by atoms with Gasteiger partial charge in [-0.15, -0.1) is 0 Å². The van der Waals surface area contributed by atoms with Gasteiger partial charge in [0, 0.05) is 42.2 Å². The first-order valence-corrected chi connectivity index (χ1v) is 11.2. The van der Waals surface area contributed by atoms with Crippen molar-refractivity contribution in [2.75, 3.05) is 25.0 Å². The number of anilines is 1. The molecule has 9 heteroatoms. The first-order valence-electron chi connectivity index (χ1n) is 11.2. The first-order chi connectivity index (χ1) is 16.6. The fraction of sp³-hybridized carbons (Fsp3) is 0.280. The van der Waals surface area contributed by atoms with E-state index in [1.807, 2.05) is 36.4 Å². The molecule has 4 aromatic rings. The van der Waals surface area contributed by atoms with Crippen LogP contribution in [0.2, 0.25) is 0 Å². The lowest BCUT2D eigenvalue weighted by Gasteiger charge is -2.14. The maximum Gasteiger partial charge on any atom is 0.387 e. The Balaban J connectivity index is 1.50. The number of alkyl halides is 2. The van der Waals surface area contributed by atoms with Gasteiger partial charge in [0.05, 0.1) is 18.0 Å². The predicted molar refractivity (Wildman–Crippen MR) is 126 cm³/mol. The summed E-state index contributed by atoms with van der Waals surface area (Å²) in [5.74, 6) is 0.785. The van der Waals surface area contributed by atoms with Crippen LogP contribution in [0.15, 0.2) is 60.8 Å². The lowest BCUT2D eigenvalue weighted by Crippen LogP contribution is -2.12. The smallest absolute Gasteiger partial charge is 0.387 e. The van der Waals surface area contributed by atoms with Gasteiger partial charge in [0.2, 0.25) is 0 Å². The van der Waals surface area contributed by atoms with Crippen molar-refractivity contribution in [3.8, 4) is 34.0 Å². The van der Waals surface area contributed by atoms with Gasteiger partial charge in [0.25, 0.3) is 0 Å². The molecule has 176 valence electrons. The topological polar surface area (TPSA) is 86.7 Å². The summed E-state index contributed by atoms with van der Waals surface area (Å²) in [6.45, 7) is -1.23. The van der Waals surface area contributed by atoms with E-state index in [0.717, 1.165) is 41.0 Å². The molecular weight excluding hydrogens is 440 g/mol. The molecule has 1 saturated carbocycles. The molecule has 3 N–H and O–H groups in total. The average molecular weight is 466 g/mol. The minimum Gasteiger partial charge on any atom is -0.489 e. The molecule has 0 unspecified atom stereocenters. The van der Waals surface area contributed by atoms with Crippen LogP contribution in [-0.2, 0) is 0 Å². The van der Waals surface area contributed by atoms with Gasteiger partial charge in [-0.2, -0.15) is 13.9 Å². The highest BCUT2D eigenvalue weighted by molar-refractivity contribution is 5.71. The second kappa shape index (κ2) is 9.64. The van der Waals surface area contributed by atoms with Crippen LogP contribution >= 0.6 is 0 Å². The average Bonchev–Trinajstić information content (AvgIpc) is 3.57. The lowest BCUT2D eigenvalue weighted by atomic mass is 10.1. The summed E-state index contributed by atoms with van der Waals surface area (Å²) in [4.78, 5) is 4.45. The Labute approximate surface area is 195 Å². The number of nitrogens with two attached hydrogens (primary N) is 1. The Morgan fingerprint density at radius 3 is 2.74 bits per heavy atom. The maximum atomic E-state index is 12.9. The minimum absolute atomic E-state index is 0.0210. The first kappa shape index (κ1) is 22.1. The summed E-state index contributed by atoms with van der Waals surface area (Å²) in [5.41, 5.74) is 10.4. The van der Waals surface area contributed by atoms with Crippen LogP contribution in [0.1, 0.15) is 12.8 Å². The van der Waals surface area contributed by atoms with Crippen LogP contribution in [0.5, 0.6) is 11.5 Å². The van der Waals surface area contributed by atoms with Gasteiger partial charge in [0.1, 0.15) is 0 Å². The summed E-state index contributed by atoms with van der Waals surface area (Å²) in [7, 11) is 0. The largest absolute Gasteiger partial charge is 0.489 e. The summed E-state index contributed by atoms with van der Waals surface area (Å²) in [5, 5.41) is 8.05. The molecule has 2 aromatic heterocycles. The summed E-state index contributed by atoms with van der Waals surface area (Å²) in [6, 6.07) is 16.6. The molecule has 1 aliphatic carbocycles. The number of nitrogens with zero attached hydrogens (tertiary/aromatic N) is 3. The second-order valence-corrected chi connectivity index (χ2v) is 8.22. The number of benzene rings is 2. The molecule has 0 saturated heterocycles. The number of hydrogen-bond donors (Lipinski definition) is 2. The number of aromatic nitrogens is 3. The Morgan fingerprint density at radius 2 is 1.94 bits per heavy atom. The normalized spacial score (nSPS) is 13.4. The van der Waals surface area contributed by atoms with Crippen molar-refractivity contribution in [3.63, 3.8) is 0 Å². The van der Waals surface area contributed by atoms with Crippen molar-refractivity contribution in [2.24, 2.45) is 11.7 Å². The third kappa shape index (κ3) is 4.94. The standard InChI is InChI=1S/C25H25F2N5O2/c26-25(27)34-22-7-6-18(13-23(22)33-15-16-4-5-16)21-8-10-30-24-14-20(31-32(21)24)17-2-1-3-19(12-17)29-11-9-28/h1-3,6-8,10,12-14,16,25,29H,4-5,9,11,15,28H2. The van der Waals surface area contributed by atoms with Crippen molar-refractivity contribution in [1.29, 1.82) is 0 Å². The summed E-state index contributed by atoms with van der Waals surface area (Å²) in [6.07, 6.45) is 3.88. The molecule has 1 fully saturated rings. The van der Waals surface area contributed by atoms with E-state index in [-0.39, 0.29) is 5.75 Å². The number of rotatable bonds is 10. The van der Waals surface area contributed by atoms with Gasteiger partial charge in [-0.05, 0) is 55.2 Å². The Bertz CT molecular complexity index is 1290. The molecule has 2 heterocycles. The zero-order valence-corrected chi connectivity index (χ0v) is 18.5. The van der Waals surface area contributed by atoms with Crippen LogP contribution < -0.4 is 20.5 Å². The second-order valence-electron chi connectivity index (χ2n) is 8.22. The molecule has 34 heavy (non-hydrogen) atoms. The number of fused-ring (bicyclic) bond motifs is 1. The lowest BCUT2D eigenvalue weighted by molar-refractivity contribution is -0.0515. The summed E-state index contributed by atoms with van der Waals surface area (Å²) < 4.78 is 38.0. The van der Waals surface area contributed by atoms with Crippen molar-refractivity contribution in [2.45, 2.75) is 19.5 Å². The molecule has 0 bridgehead atoms. The Kier molecular flexibility index (Phi) is 6.27. The molecule has 0 spiro atoms. The number of ether oxygens (including phenoxy) is 2. The molecular formula is C25H25F2N5O2. The number of nitrogens with one attached hydrogen (secondary N) is 1. The Hall–Kier alpha value is -3.72. The number of hydrogen-bond acceptors (Lipinski definition) is 6. The molecule has 0 atom stereocenters. The van der Waals surface area contributed by atoms with E-state index in [4.69, 9.17) is 15.6 Å². The maximum absolute atomic E-state index is 12.9. The SMILES string of the molecule is NCCNc1cccc(-c2cc3nccc(-c4ccc(OC(F)F)c(OCC5CC5)c4)n3n2)c1. The van der Waals surface area contributed by atoms with E-state index in [1.54, 1.807) is 22.8 Å². The highest BCUT2D eigenvalue weighted by Gasteiger charge is 2.23. The zero-order chi connectivity index (χ0) is 23.5. The van der Waals surface area contributed by atoms with E-state index in [9.17, 15) is 8.78 Å². The minimum atomic E-state index is -2.93. The van der Waals surface area contributed by atoms with E-state index in [0.29, 0.717) is 37.0 Å². The molecule has 5 rings (SSSR count). The van der Waals surface area contributed by atoms with Crippen LogP contribution in [0.3, 0.4) is 0 Å². The van der Waals surface area contributed by atoms with Crippen LogP contribution in [0.25, 0.3) is 28.2 Å². The van der Waals surface area contributed by atoms with Crippen molar-refractivity contribution in [3.05, 3.63) is 60.8 Å². The highest BCUT2D eigenvalue weighted by atomic mass is 19.3. The van der Waals surface area contributed by atoms with Crippen LogP contribution in [0.4, 0.5) is 14.5 Å². The van der Waals surface area contributed by atoms with Gasteiger partial charge in [-0.1, -0.05) is 12.1 Å². The zero-order valence-electron chi connectivity index (χ0n) is 18.5.